The first-order valence-corrected chi connectivity index (χ1v) is 6.93. The molecule has 0 radical (unpaired) electrons. The predicted molar refractivity (Wildman–Crippen MR) is 75.8 cm³/mol. The number of aromatic nitrogens is 2. The van der Waals surface area contributed by atoms with Crippen LogP contribution in [0.3, 0.4) is 0 Å². The van der Waals surface area contributed by atoms with Gasteiger partial charge in [0.2, 0.25) is 0 Å². The third kappa shape index (κ3) is 1.88. The average molecular weight is 283 g/mol. The van der Waals surface area contributed by atoms with Crippen LogP contribution < -0.4 is 0 Å². The Labute approximate surface area is 116 Å². The number of para-hydroxylation sites is 1. The van der Waals surface area contributed by atoms with E-state index in [0.29, 0.717) is 17.0 Å². The first-order valence-electron chi connectivity index (χ1n) is 6.15. The third-order valence-corrected chi connectivity index (χ3v) is 4.37. The number of rotatable bonds is 2. The molecule has 1 N–H and O–H groups in total. The highest BCUT2D eigenvalue weighted by Crippen LogP contribution is 2.31. The minimum atomic E-state index is 0.326. The van der Waals surface area contributed by atoms with E-state index in [9.17, 15) is 0 Å². The van der Waals surface area contributed by atoms with Gasteiger partial charge in [0.25, 0.3) is 0 Å². The largest absolute Gasteiger partial charge is 0.381 e. The maximum Gasteiger partial charge on any atom is 0.178 e. The van der Waals surface area contributed by atoms with Crippen LogP contribution in [0.2, 0.25) is 5.02 Å². The van der Waals surface area contributed by atoms with Crippen LogP contribution in [0.4, 0.5) is 0 Å². The van der Waals surface area contributed by atoms with Crippen molar-refractivity contribution in [2.75, 3.05) is 13.2 Å². The number of hydrogen-bond donors (Lipinski definition) is 1. The molecule has 18 heavy (non-hydrogen) atoms. The number of nitrogens with zero attached hydrogens (tertiary/aromatic N) is 1. The van der Waals surface area contributed by atoms with E-state index in [1.165, 1.54) is 0 Å². The highest BCUT2D eigenvalue weighted by molar-refractivity contribution is 7.71. The number of imidazole rings is 1. The minimum Gasteiger partial charge on any atom is -0.381 e. The number of fused-ring (bicyclic) bond motifs is 1. The molecule has 3 rings (SSSR count). The van der Waals surface area contributed by atoms with E-state index in [-0.39, 0.29) is 0 Å². The van der Waals surface area contributed by atoms with Gasteiger partial charge >= 0.3 is 0 Å². The summed E-state index contributed by atoms with van der Waals surface area (Å²) >= 11 is 11.6. The van der Waals surface area contributed by atoms with E-state index in [1.807, 2.05) is 12.1 Å². The summed E-state index contributed by atoms with van der Waals surface area (Å²) in [5.74, 6) is 0.523. The highest BCUT2D eigenvalue weighted by Gasteiger charge is 2.25. The zero-order valence-electron chi connectivity index (χ0n) is 10.1. The van der Waals surface area contributed by atoms with E-state index in [2.05, 4.69) is 22.5 Å². The molecular weight excluding hydrogens is 268 g/mol. The lowest BCUT2D eigenvalue weighted by Gasteiger charge is -2.20. The van der Waals surface area contributed by atoms with Crippen LogP contribution >= 0.6 is 23.8 Å². The Morgan fingerprint density at radius 1 is 1.56 bits per heavy atom. The van der Waals surface area contributed by atoms with Crippen LogP contribution in [0.5, 0.6) is 0 Å². The maximum absolute atomic E-state index is 6.19. The van der Waals surface area contributed by atoms with E-state index < -0.39 is 0 Å². The van der Waals surface area contributed by atoms with Gasteiger partial charge < -0.3 is 14.3 Å². The molecule has 2 unspecified atom stereocenters. The fraction of sp³-hybridized carbons (Fsp3) is 0.462. The first kappa shape index (κ1) is 12.2. The van der Waals surface area contributed by atoms with Gasteiger partial charge in [-0.3, -0.25) is 0 Å². The lowest BCUT2D eigenvalue weighted by molar-refractivity contribution is 0.175. The number of ether oxygens (including phenoxy) is 1. The van der Waals surface area contributed by atoms with Gasteiger partial charge in [-0.2, -0.15) is 0 Å². The fourth-order valence-electron chi connectivity index (χ4n) is 2.66. The normalized spacial score (nSPS) is 21.6. The zero-order chi connectivity index (χ0) is 12.7. The molecule has 0 bridgehead atoms. The number of nitrogens with one attached hydrogen (secondary N) is 1. The van der Waals surface area contributed by atoms with Crippen LogP contribution in [0.25, 0.3) is 11.0 Å². The van der Waals surface area contributed by atoms with Gasteiger partial charge in [-0.05, 0) is 37.7 Å². The topological polar surface area (TPSA) is 29.9 Å². The highest BCUT2D eigenvalue weighted by atomic mass is 35.5. The van der Waals surface area contributed by atoms with Crippen LogP contribution in [-0.4, -0.2) is 22.8 Å². The van der Waals surface area contributed by atoms with Crippen molar-refractivity contribution in [3.05, 3.63) is 28.0 Å². The second kappa shape index (κ2) is 4.68. The maximum atomic E-state index is 6.19. The van der Waals surface area contributed by atoms with Gasteiger partial charge in [0.1, 0.15) is 0 Å². The van der Waals surface area contributed by atoms with Crippen LogP contribution in [-0.2, 0) is 4.74 Å². The molecule has 2 heterocycles. The van der Waals surface area contributed by atoms with Crippen molar-refractivity contribution < 1.29 is 4.74 Å². The number of H-pyrrole nitrogens is 1. The van der Waals surface area contributed by atoms with Gasteiger partial charge in [-0.1, -0.05) is 17.7 Å². The van der Waals surface area contributed by atoms with Gasteiger partial charge in [0.05, 0.1) is 22.7 Å². The SMILES string of the molecule is CC(C1CCOC1)n1c(=S)[nH]c2c(Cl)cccc21. The van der Waals surface area contributed by atoms with E-state index in [4.69, 9.17) is 28.6 Å². The Morgan fingerprint density at radius 2 is 2.39 bits per heavy atom. The van der Waals surface area contributed by atoms with Crippen molar-refractivity contribution >= 4 is 34.9 Å². The smallest absolute Gasteiger partial charge is 0.178 e. The van der Waals surface area contributed by atoms with Crippen molar-refractivity contribution in [2.45, 2.75) is 19.4 Å². The number of halogens is 1. The standard InChI is InChI=1S/C13H15ClN2OS/c1-8(9-5-6-17-7-9)16-11-4-2-3-10(14)12(11)15-13(16)18/h2-4,8-9H,5-7H2,1H3,(H,15,18). The Kier molecular flexibility index (Phi) is 3.18. The Bertz CT molecular complexity index is 627. The van der Waals surface area contributed by atoms with Crippen molar-refractivity contribution in [3.8, 4) is 0 Å². The second-order valence-corrected chi connectivity index (χ2v) is 5.59. The Hall–Kier alpha value is -0.840. The van der Waals surface area contributed by atoms with Crippen molar-refractivity contribution in [3.63, 3.8) is 0 Å². The molecule has 2 aromatic rings. The summed E-state index contributed by atoms with van der Waals surface area (Å²) in [7, 11) is 0. The monoisotopic (exact) mass is 282 g/mol. The molecule has 0 saturated carbocycles. The van der Waals surface area contributed by atoms with Crippen molar-refractivity contribution in [2.24, 2.45) is 5.92 Å². The summed E-state index contributed by atoms with van der Waals surface area (Å²) in [6.45, 7) is 3.87. The minimum absolute atomic E-state index is 0.326. The number of aromatic amines is 1. The zero-order valence-corrected chi connectivity index (χ0v) is 11.7. The Morgan fingerprint density at radius 3 is 3.11 bits per heavy atom. The summed E-state index contributed by atoms with van der Waals surface area (Å²) in [4.78, 5) is 3.20. The Balaban J connectivity index is 2.13. The van der Waals surface area contributed by atoms with Crippen LogP contribution in [0.15, 0.2) is 18.2 Å². The summed E-state index contributed by atoms with van der Waals surface area (Å²) in [5.41, 5.74) is 2.00. The average Bonchev–Trinajstić information content (AvgIpc) is 2.96. The van der Waals surface area contributed by atoms with Gasteiger partial charge in [0, 0.05) is 18.6 Å². The molecule has 1 aliphatic rings. The summed E-state index contributed by atoms with van der Waals surface area (Å²) < 4.78 is 8.36. The fourth-order valence-corrected chi connectivity index (χ4v) is 3.25. The predicted octanol–water partition coefficient (Wildman–Crippen LogP) is 3.95. The molecule has 2 atom stereocenters. The van der Waals surface area contributed by atoms with E-state index >= 15 is 0 Å². The van der Waals surface area contributed by atoms with Gasteiger partial charge in [-0.15, -0.1) is 0 Å². The first-order chi connectivity index (χ1) is 8.68. The number of benzene rings is 1. The lowest BCUT2D eigenvalue weighted by atomic mass is 10.0. The van der Waals surface area contributed by atoms with Gasteiger partial charge in [-0.25, -0.2) is 0 Å². The van der Waals surface area contributed by atoms with Crippen molar-refractivity contribution in [1.29, 1.82) is 0 Å². The second-order valence-electron chi connectivity index (χ2n) is 4.80. The molecule has 0 amide bonds. The molecule has 96 valence electrons. The molecule has 1 aromatic heterocycles. The molecule has 5 heteroatoms. The number of hydrogen-bond acceptors (Lipinski definition) is 2. The molecule has 1 fully saturated rings. The summed E-state index contributed by atoms with van der Waals surface area (Å²) in [6.07, 6.45) is 1.09. The van der Waals surface area contributed by atoms with E-state index in [0.717, 1.165) is 35.4 Å². The van der Waals surface area contributed by atoms with Gasteiger partial charge in [0.15, 0.2) is 4.77 Å². The molecule has 3 nitrogen and oxygen atoms in total. The van der Waals surface area contributed by atoms with Crippen LogP contribution in [0, 0.1) is 10.7 Å². The molecule has 1 saturated heterocycles. The third-order valence-electron chi connectivity index (χ3n) is 3.76. The molecule has 1 aliphatic heterocycles. The molecular formula is C13H15ClN2OS. The van der Waals surface area contributed by atoms with E-state index in [1.54, 1.807) is 0 Å². The van der Waals surface area contributed by atoms with Crippen molar-refractivity contribution in [1.82, 2.24) is 9.55 Å². The summed E-state index contributed by atoms with van der Waals surface area (Å²) in [6, 6.07) is 6.22. The summed E-state index contributed by atoms with van der Waals surface area (Å²) in [5, 5.41) is 0.715. The molecule has 0 aliphatic carbocycles. The quantitative estimate of drug-likeness (QED) is 0.845. The lowest BCUT2D eigenvalue weighted by Crippen LogP contribution is -2.16. The molecule has 0 spiro atoms. The molecule has 1 aromatic carbocycles. The van der Waals surface area contributed by atoms with Crippen LogP contribution in [0.1, 0.15) is 19.4 Å².